The number of amides is 3. The van der Waals surface area contributed by atoms with Gasteiger partial charge < -0.3 is 20.7 Å². The van der Waals surface area contributed by atoms with E-state index in [1.54, 1.807) is 12.3 Å². The molecule has 2 aromatic carbocycles. The SMILES string of the molecule is Cc1ccc(N=C(C=C(N)C2(C)CC2)NC(=O)Nc2cnc(OC3CCN(C(=O)C4(C)CC4)CC3)c3ccccc23)cc1. The van der Waals surface area contributed by atoms with Crippen molar-refractivity contribution in [1.29, 1.82) is 0 Å². The van der Waals surface area contributed by atoms with Gasteiger partial charge in [-0.15, -0.1) is 0 Å². The number of likely N-dealkylation sites (tertiary alicyclic amines) is 1. The summed E-state index contributed by atoms with van der Waals surface area (Å²) in [7, 11) is 0. The highest BCUT2D eigenvalue weighted by molar-refractivity contribution is 6.11. The average Bonchev–Trinajstić information content (AvgIpc) is 3.94. The molecule has 1 saturated heterocycles. The number of carbonyl (C=O) groups is 2. The van der Waals surface area contributed by atoms with E-state index in [2.05, 4.69) is 34.5 Å². The van der Waals surface area contributed by atoms with Crippen LogP contribution in [0, 0.1) is 17.8 Å². The number of carbonyl (C=O) groups excluding carboxylic acids is 2. The van der Waals surface area contributed by atoms with Gasteiger partial charge in [0.2, 0.25) is 11.8 Å². The predicted molar refractivity (Wildman–Crippen MR) is 169 cm³/mol. The Hall–Kier alpha value is -4.40. The van der Waals surface area contributed by atoms with Crippen LogP contribution >= 0.6 is 0 Å². The highest BCUT2D eigenvalue weighted by Gasteiger charge is 2.47. The number of allylic oxidation sites excluding steroid dienone is 1. The number of aromatic nitrogens is 1. The first-order valence-corrected chi connectivity index (χ1v) is 15.2. The molecule has 2 heterocycles. The highest BCUT2D eigenvalue weighted by Crippen LogP contribution is 2.49. The maximum absolute atomic E-state index is 13.3. The Kier molecular flexibility index (Phi) is 7.58. The molecule has 43 heavy (non-hydrogen) atoms. The minimum Gasteiger partial charge on any atom is -0.474 e. The van der Waals surface area contributed by atoms with Gasteiger partial charge in [0.25, 0.3) is 0 Å². The van der Waals surface area contributed by atoms with E-state index in [9.17, 15) is 9.59 Å². The highest BCUT2D eigenvalue weighted by atomic mass is 16.5. The van der Waals surface area contributed by atoms with Gasteiger partial charge in [0.1, 0.15) is 11.9 Å². The first kappa shape index (κ1) is 28.7. The van der Waals surface area contributed by atoms with Crippen LogP contribution in [-0.2, 0) is 4.79 Å². The minimum atomic E-state index is -0.446. The Morgan fingerprint density at radius 3 is 2.30 bits per heavy atom. The minimum absolute atomic E-state index is 0.0276. The van der Waals surface area contributed by atoms with E-state index >= 15 is 0 Å². The third kappa shape index (κ3) is 6.50. The fourth-order valence-corrected chi connectivity index (χ4v) is 5.40. The first-order valence-electron chi connectivity index (χ1n) is 15.2. The fourth-order valence-electron chi connectivity index (χ4n) is 5.40. The normalized spacial score (nSPS) is 19.6. The Morgan fingerprint density at radius 2 is 1.65 bits per heavy atom. The van der Waals surface area contributed by atoms with Gasteiger partial charge in [-0.1, -0.05) is 49.7 Å². The van der Waals surface area contributed by atoms with Crippen LogP contribution in [0.25, 0.3) is 10.8 Å². The molecule has 0 spiro atoms. The summed E-state index contributed by atoms with van der Waals surface area (Å²) in [5.74, 6) is 1.16. The molecule has 2 aliphatic carbocycles. The van der Waals surface area contributed by atoms with Crippen LogP contribution in [0.2, 0.25) is 0 Å². The zero-order chi connectivity index (χ0) is 30.2. The number of piperidine rings is 1. The van der Waals surface area contributed by atoms with E-state index < -0.39 is 6.03 Å². The summed E-state index contributed by atoms with van der Waals surface area (Å²) in [6.45, 7) is 7.58. The lowest BCUT2D eigenvalue weighted by atomic mass is 10.0. The zero-order valence-corrected chi connectivity index (χ0v) is 25.2. The largest absolute Gasteiger partial charge is 0.474 e. The Labute approximate surface area is 252 Å². The van der Waals surface area contributed by atoms with E-state index in [1.807, 2.05) is 60.4 Å². The molecule has 224 valence electrons. The first-order chi connectivity index (χ1) is 20.6. The van der Waals surface area contributed by atoms with Crippen LogP contribution in [0.15, 0.2) is 71.5 Å². The van der Waals surface area contributed by atoms with Gasteiger partial charge in [-0.25, -0.2) is 14.8 Å². The number of hydrogen-bond donors (Lipinski definition) is 3. The number of ether oxygens (including phenoxy) is 1. The number of benzene rings is 2. The molecular formula is C34H40N6O3. The molecule has 1 aliphatic heterocycles. The fraction of sp³-hybridized carbons (Fsp3) is 0.412. The third-order valence-corrected chi connectivity index (χ3v) is 9.04. The quantitative estimate of drug-likeness (QED) is 0.227. The van der Waals surface area contributed by atoms with Gasteiger partial charge in [0, 0.05) is 59.3 Å². The molecule has 0 unspecified atom stereocenters. The van der Waals surface area contributed by atoms with Crippen LogP contribution < -0.4 is 21.1 Å². The van der Waals surface area contributed by atoms with E-state index in [0.29, 0.717) is 36.2 Å². The average molecular weight is 581 g/mol. The molecule has 2 saturated carbocycles. The van der Waals surface area contributed by atoms with Crippen molar-refractivity contribution < 1.29 is 14.3 Å². The number of rotatable bonds is 7. The van der Waals surface area contributed by atoms with Gasteiger partial charge in [-0.05, 0) is 50.8 Å². The van der Waals surface area contributed by atoms with Crippen molar-refractivity contribution in [3.63, 3.8) is 0 Å². The molecule has 3 aliphatic rings. The molecular weight excluding hydrogens is 540 g/mol. The molecule has 3 amide bonds. The maximum Gasteiger partial charge on any atom is 0.324 e. The molecule has 3 aromatic rings. The van der Waals surface area contributed by atoms with Crippen molar-refractivity contribution in [2.45, 2.75) is 65.4 Å². The zero-order valence-electron chi connectivity index (χ0n) is 25.2. The number of anilines is 1. The number of nitrogens with two attached hydrogens (primary N) is 1. The van der Waals surface area contributed by atoms with Crippen molar-refractivity contribution in [2.24, 2.45) is 21.6 Å². The lowest BCUT2D eigenvalue weighted by Crippen LogP contribution is -2.44. The molecule has 0 atom stereocenters. The van der Waals surface area contributed by atoms with Crippen molar-refractivity contribution >= 4 is 39.9 Å². The summed E-state index contributed by atoms with van der Waals surface area (Å²) in [6, 6.07) is 15.0. The van der Waals surface area contributed by atoms with Crippen LogP contribution in [0.4, 0.5) is 16.2 Å². The van der Waals surface area contributed by atoms with E-state index in [1.165, 1.54) is 0 Å². The number of amidine groups is 1. The van der Waals surface area contributed by atoms with Crippen molar-refractivity contribution in [3.05, 3.63) is 72.1 Å². The van der Waals surface area contributed by atoms with Crippen LogP contribution in [-0.4, -0.2) is 46.9 Å². The summed E-state index contributed by atoms with van der Waals surface area (Å²) < 4.78 is 6.36. The smallest absolute Gasteiger partial charge is 0.324 e. The molecule has 9 nitrogen and oxygen atoms in total. The number of nitrogens with one attached hydrogen (secondary N) is 2. The number of pyridine rings is 1. The van der Waals surface area contributed by atoms with Crippen molar-refractivity contribution in [3.8, 4) is 5.88 Å². The number of aryl methyl sites for hydroxylation is 1. The summed E-state index contributed by atoms with van der Waals surface area (Å²) in [4.78, 5) is 37.2. The molecule has 3 fully saturated rings. The number of nitrogens with zero attached hydrogens (tertiary/aromatic N) is 3. The molecule has 9 heteroatoms. The molecule has 1 aromatic heterocycles. The van der Waals surface area contributed by atoms with Crippen LogP contribution in [0.3, 0.4) is 0 Å². The van der Waals surface area contributed by atoms with Gasteiger partial charge in [0.05, 0.1) is 17.6 Å². The summed E-state index contributed by atoms with van der Waals surface area (Å²) in [5, 5.41) is 7.45. The van der Waals surface area contributed by atoms with Crippen molar-refractivity contribution in [2.75, 3.05) is 18.4 Å². The van der Waals surface area contributed by atoms with E-state index in [0.717, 1.165) is 60.5 Å². The predicted octanol–water partition coefficient (Wildman–Crippen LogP) is 6.21. The second-order valence-electron chi connectivity index (χ2n) is 12.8. The molecule has 0 bridgehead atoms. The second kappa shape index (κ2) is 11.4. The van der Waals surface area contributed by atoms with Gasteiger partial charge >= 0.3 is 6.03 Å². The Balaban J connectivity index is 1.16. The van der Waals surface area contributed by atoms with Gasteiger partial charge in [0.15, 0.2) is 0 Å². The van der Waals surface area contributed by atoms with Crippen molar-refractivity contribution in [1.82, 2.24) is 15.2 Å². The second-order valence-corrected chi connectivity index (χ2v) is 12.8. The van der Waals surface area contributed by atoms with Gasteiger partial charge in [-0.3, -0.25) is 10.1 Å². The molecule has 6 rings (SSSR count). The Morgan fingerprint density at radius 1 is 1.00 bits per heavy atom. The Bertz CT molecular complexity index is 1600. The van der Waals surface area contributed by atoms with E-state index in [-0.39, 0.29) is 22.8 Å². The topological polar surface area (TPSA) is 122 Å². The lowest BCUT2D eigenvalue weighted by Gasteiger charge is -2.33. The maximum atomic E-state index is 13.3. The molecule has 0 radical (unpaired) electrons. The van der Waals surface area contributed by atoms with E-state index in [4.69, 9.17) is 10.5 Å². The lowest BCUT2D eigenvalue weighted by molar-refractivity contribution is -0.138. The summed E-state index contributed by atoms with van der Waals surface area (Å²) >= 11 is 0. The molecule has 4 N–H and O–H groups in total. The summed E-state index contributed by atoms with van der Waals surface area (Å²) in [6.07, 6.45) is 8.88. The third-order valence-electron chi connectivity index (χ3n) is 9.04. The number of aliphatic imine (C=N–C) groups is 1. The van der Waals surface area contributed by atoms with Crippen LogP contribution in [0.5, 0.6) is 5.88 Å². The van der Waals surface area contributed by atoms with Gasteiger partial charge in [-0.2, -0.15) is 0 Å². The monoisotopic (exact) mass is 580 g/mol. The number of fused-ring (bicyclic) bond motifs is 1. The standard InChI is InChI=1S/C34H40N6O3/c1-22-8-10-23(11-9-22)37-29(20-28(35)33(2)14-15-33)39-32(42)38-27-21-36-30(26-7-5-4-6-25(26)27)43-24-12-18-40(19-13-24)31(41)34(3)16-17-34/h4-11,20-21,24H,12-19,35H2,1-3H3,(H2,37,38,39,42). The summed E-state index contributed by atoms with van der Waals surface area (Å²) in [5.41, 5.74) is 9.30. The number of hydrogen-bond acceptors (Lipinski definition) is 6. The van der Waals surface area contributed by atoms with Crippen LogP contribution in [0.1, 0.15) is 57.9 Å². The number of urea groups is 1.